The first kappa shape index (κ1) is 15.2. The summed E-state index contributed by atoms with van der Waals surface area (Å²) in [5.74, 6) is -1.09. The van der Waals surface area contributed by atoms with Gasteiger partial charge in [0, 0.05) is 19.1 Å². The molecule has 3 nitrogen and oxygen atoms in total. The van der Waals surface area contributed by atoms with Crippen LogP contribution < -0.4 is 10.2 Å². The average molecular weight is 284 g/mol. The molecule has 1 saturated carbocycles. The Morgan fingerprint density at radius 1 is 1.30 bits per heavy atom. The third kappa shape index (κ3) is 3.67. The molecule has 0 aliphatic heterocycles. The Balaban J connectivity index is 2.16. The van der Waals surface area contributed by atoms with Crippen LogP contribution in [0.2, 0.25) is 0 Å². The summed E-state index contributed by atoms with van der Waals surface area (Å²) in [5.41, 5.74) is 0.609. The minimum atomic E-state index is -0.543. The Kier molecular flexibility index (Phi) is 5.31. The highest BCUT2D eigenvalue weighted by Gasteiger charge is 2.32. The van der Waals surface area contributed by atoms with Gasteiger partial charge < -0.3 is 15.3 Å². The van der Waals surface area contributed by atoms with E-state index < -0.39 is 11.6 Å². The third-order valence-electron chi connectivity index (χ3n) is 3.45. The van der Waals surface area contributed by atoms with Gasteiger partial charge in [0.05, 0.1) is 6.61 Å². The first-order chi connectivity index (χ1) is 9.67. The third-order valence-corrected chi connectivity index (χ3v) is 3.45. The van der Waals surface area contributed by atoms with Gasteiger partial charge in [-0.1, -0.05) is 6.92 Å². The minimum absolute atomic E-state index is 0.000733. The van der Waals surface area contributed by atoms with Crippen molar-refractivity contribution in [3.8, 4) is 0 Å². The molecule has 2 rings (SSSR count). The van der Waals surface area contributed by atoms with Gasteiger partial charge >= 0.3 is 0 Å². The highest BCUT2D eigenvalue weighted by molar-refractivity contribution is 5.52. The number of nitrogens with one attached hydrogen (secondary N) is 1. The number of aliphatic hydroxyl groups is 1. The molecule has 5 heteroatoms. The van der Waals surface area contributed by atoms with Gasteiger partial charge in [0.2, 0.25) is 0 Å². The van der Waals surface area contributed by atoms with E-state index in [2.05, 4.69) is 5.32 Å². The van der Waals surface area contributed by atoms with Gasteiger partial charge in [-0.15, -0.1) is 0 Å². The highest BCUT2D eigenvalue weighted by atomic mass is 19.1. The van der Waals surface area contributed by atoms with Gasteiger partial charge in [-0.05, 0) is 43.5 Å². The fraction of sp³-hybridized carbons (Fsp3) is 0.600. The lowest BCUT2D eigenvalue weighted by Crippen LogP contribution is -2.30. The summed E-state index contributed by atoms with van der Waals surface area (Å²) in [5, 5.41) is 12.2. The maximum Gasteiger partial charge on any atom is 0.149 e. The van der Waals surface area contributed by atoms with Gasteiger partial charge in [-0.25, -0.2) is 8.78 Å². The van der Waals surface area contributed by atoms with Crippen LogP contribution in [0.5, 0.6) is 0 Å². The minimum Gasteiger partial charge on any atom is -0.395 e. The molecule has 0 aromatic heterocycles. The Bertz CT molecular complexity index is 426. The number of nitrogens with zero attached hydrogens (tertiary/aromatic N) is 1. The standard InChI is InChI=1S/C15H22F2N2O/c1-2-5-18-10-11-8-13(16)15(14(17)9-11)19(6-7-20)12-3-4-12/h8-9,12,18,20H,2-7,10H2,1H3. The number of benzene rings is 1. The molecule has 20 heavy (non-hydrogen) atoms. The summed E-state index contributed by atoms with van der Waals surface area (Å²) < 4.78 is 28.4. The number of hydrogen-bond acceptors (Lipinski definition) is 3. The SMILES string of the molecule is CCCNCc1cc(F)c(N(CCO)C2CC2)c(F)c1. The van der Waals surface area contributed by atoms with E-state index in [1.807, 2.05) is 6.92 Å². The quantitative estimate of drug-likeness (QED) is 0.720. The van der Waals surface area contributed by atoms with Crippen LogP contribution in [0.4, 0.5) is 14.5 Å². The van der Waals surface area contributed by atoms with Crippen LogP contribution in [-0.2, 0) is 6.54 Å². The van der Waals surface area contributed by atoms with Crippen molar-refractivity contribution in [1.29, 1.82) is 0 Å². The molecule has 1 aliphatic rings. The average Bonchev–Trinajstić information content (AvgIpc) is 3.21. The van der Waals surface area contributed by atoms with Crippen molar-refractivity contribution in [2.75, 3.05) is 24.6 Å². The Morgan fingerprint density at radius 2 is 1.95 bits per heavy atom. The van der Waals surface area contributed by atoms with Crippen LogP contribution in [0.15, 0.2) is 12.1 Å². The zero-order chi connectivity index (χ0) is 14.5. The molecule has 1 aromatic rings. The Morgan fingerprint density at radius 3 is 2.45 bits per heavy atom. The molecule has 1 fully saturated rings. The van der Waals surface area contributed by atoms with E-state index in [9.17, 15) is 8.78 Å². The fourth-order valence-corrected chi connectivity index (χ4v) is 2.37. The molecule has 0 atom stereocenters. The maximum absolute atomic E-state index is 14.2. The molecular weight excluding hydrogens is 262 g/mol. The summed E-state index contributed by atoms with van der Waals surface area (Å²) in [6.07, 6.45) is 2.84. The van der Waals surface area contributed by atoms with Crippen molar-refractivity contribution in [3.63, 3.8) is 0 Å². The van der Waals surface area contributed by atoms with Crippen molar-refractivity contribution in [2.24, 2.45) is 0 Å². The van der Waals surface area contributed by atoms with Crippen LogP contribution in [0.3, 0.4) is 0 Å². The van der Waals surface area contributed by atoms with Crippen LogP contribution >= 0.6 is 0 Å². The predicted octanol–water partition coefficient (Wildman–Crippen LogP) is 2.43. The van der Waals surface area contributed by atoms with Gasteiger partial charge in [0.15, 0.2) is 0 Å². The van der Waals surface area contributed by atoms with Gasteiger partial charge in [-0.2, -0.15) is 0 Å². The number of aliphatic hydroxyl groups excluding tert-OH is 1. The Labute approximate surface area is 118 Å². The molecule has 1 aliphatic carbocycles. The van der Waals surface area contributed by atoms with E-state index in [1.54, 1.807) is 4.90 Å². The van der Waals surface area contributed by atoms with Gasteiger partial charge in [0.1, 0.15) is 17.3 Å². The van der Waals surface area contributed by atoms with Crippen molar-refractivity contribution in [1.82, 2.24) is 5.32 Å². The van der Waals surface area contributed by atoms with E-state index in [-0.39, 0.29) is 24.9 Å². The van der Waals surface area contributed by atoms with E-state index in [4.69, 9.17) is 5.11 Å². The van der Waals surface area contributed by atoms with Crippen LogP contribution in [-0.4, -0.2) is 30.8 Å². The van der Waals surface area contributed by atoms with Crippen LogP contribution in [0.1, 0.15) is 31.7 Å². The zero-order valence-corrected chi connectivity index (χ0v) is 11.8. The van der Waals surface area contributed by atoms with Gasteiger partial charge in [0.25, 0.3) is 0 Å². The normalized spacial score (nSPS) is 14.6. The van der Waals surface area contributed by atoms with Gasteiger partial charge in [-0.3, -0.25) is 0 Å². The number of hydrogen-bond donors (Lipinski definition) is 2. The van der Waals surface area contributed by atoms with Crippen LogP contribution in [0, 0.1) is 11.6 Å². The molecule has 0 heterocycles. The lowest BCUT2D eigenvalue weighted by atomic mass is 10.1. The van der Waals surface area contributed by atoms with E-state index >= 15 is 0 Å². The second kappa shape index (κ2) is 6.99. The smallest absolute Gasteiger partial charge is 0.149 e. The molecule has 0 amide bonds. The second-order valence-electron chi connectivity index (χ2n) is 5.23. The van der Waals surface area contributed by atoms with E-state index in [0.29, 0.717) is 12.1 Å². The first-order valence-corrected chi connectivity index (χ1v) is 7.23. The van der Waals surface area contributed by atoms with Crippen molar-refractivity contribution in [2.45, 2.75) is 38.8 Å². The number of rotatable bonds is 8. The first-order valence-electron chi connectivity index (χ1n) is 7.23. The summed E-state index contributed by atoms with van der Waals surface area (Å²) in [4.78, 5) is 1.65. The van der Waals surface area contributed by atoms with E-state index in [0.717, 1.165) is 25.8 Å². The molecule has 2 N–H and O–H groups in total. The lowest BCUT2D eigenvalue weighted by Gasteiger charge is -2.25. The summed E-state index contributed by atoms with van der Waals surface area (Å²) in [7, 11) is 0. The van der Waals surface area contributed by atoms with Crippen LogP contribution in [0.25, 0.3) is 0 Å². The molecule has 112 valence electrons. The molecule has 0 radical (unpaired) electrons. The summed E-state index contributed by atoms with van der Waals surface area (Å²) >= 11 is 0. The monoisotopic (exact) mass is 284 g/mol. The number of anilines is 1. The highest BCUT2D eigenvalue weighted by Crippen LogP contribution is 2.35. The topological polar surface area (TPSA) is 35.5 Å². The predicted molar refractivity (Wildman–Crippen MR) is 75.8 cm³/mol. The molecular formula is C15H22F2N2O. The summed E-state index contributed by atoms with van der Waals surface area (Å²) in [6, 6.07) is 2.93. The molecule has 0 spiro atoms. The van der Waals surface area contributed by atoms with Crippen molar-refractivity contribution < 1.29 is 13.9 Å². The molecule has 0 bridgehead atoms. The lowest BCUT2D eigenvalue weighted by molar-refractivity contribution is 0.300. The fourth-order valence-electron chi connectivity index (χ4n) is 2.37. The molecule has 0 saturated heterocycles. The van der Waals surface area contributed by atoms with Crippen molar-refractivity contribution in [3.05, 3.63) is 29.3 Å². The number of halogens is 2. The largest absolute Gasteiger partial charge is 0.395 e. The second-order valence-corrected chi connectivity index (χ2v) is 5.23. The maximum atomic E-state index is 14.2. The Hall–Kier alpha value is -1.20. The van der Waals surface area contributed by atoms with E-state index in [1.165, 1.54) is 12.1 Å². The molecule has 0 unspecified atom stereocenters. The summed E-state index contributed by atoms with van der Waals surface area (Å²) in [6.45, 7) is 3.50. The molecule has 1 aromatic carbocycles. The van der Waals surface area contributed by atoms with Crippen molar-refractivity contribution >= 4 is 5.69 Å². The zero-order valence-electron chi connectivity index (χ0n) is 11.8.